The Morgan fingerprint density at radius 3 is 2.36 bits per heavy atom. The minimum atomic E-state index is -3.72. The van der Waals surface area contributed by atoms with Crippen molar-refractivity contribution < 1.29 is 17.9 Å². The van der Waals surface area contributed by atoms with Crippen LogP contribution in [0.5, 0.6) is 11.5 Å². The smallest absolute Gasteiger partial charge is 0.240 e. The minimum absolute atomic E-state index is 0.313. The first-order chi connectivity index (χ1) is 15.8. The van der Waals surface area contributed by atoms with E-state index in [9.17, 15) is 13.2 Å². The van der Waals surface area contributed by atoms with Crippen molar-refractivity contribution >= 4 is 33.4 Å². The van der Waals surface area contributed by atoms with Crippen molar-refractivity contribution in [3.63, 3.8) is 0 Å². The Labute approximate surface area is 200 Å². The van der Waals surface area contributed by atoms with Gasteiger partial charge in [-0.2, -0.15) is 11.8 Å². The van der Waals surface area contributed by atoms with Gasteiger partial charge in [-0.3, -0.25) is 9.10 Å². The van der Waals surface area contributed by atoms with E-state index in [0.29, 0.717) is 23.7 Å². The Kier molecular flexibility index (Phi) is 8.79. The standard InChI is InChI=1S/C25H28N2O4S2/c1-20-10-6-7-11-21(20)19-32-17-16-26-25(28)18-27(33(2,29)30)23-14-8-9-15-24(23)31-22-12-4-3-5-13-22/h3-15H,16-19H2,1-2H3,(H,26,28). The molecule has 0 radical (unpaired) electrons. The molecule has 0 saturated carbocycles. The normalized spacial score (nSPS) is 11.1. The van der Waals surface area contributed by atoms with Gasteiger partial charge >= 0.3 is 0 Å². The first-order valence-electron chi connectivity index (χ1n) is 10.5. The fourth-order valence-electron chi connectivity index (χ4n) is 3.15. The van der Waals surface area contributed by atoms with Crippen LogP contribution in [0, 0.1) is 6.92 Å². The summed E-state index contributed by atoms with van der Waals surface area (Å²) in [6.45, 7) is 2.21. The van der Waals surface area contributed by atoms with E-state index in [4.69, 9.17) is 4.74 Å². The van der Waals surface area contributed by atoms with Gasteiger partial charge < -0.3 is 10.1 Å². The molecule has 0 heterocycles. The highest BCUT2D eigenvalue weighted by Gasteiger charge is 2.24. The quantitative estimate of drug-likeness (QED) is 0.403. The number of carbonyl (C=O) groups excluding carboxylic acids is 1. The molecule has 0 atom stereocenters. The third-order valence-corrected chi connectivity index (χ3v) is 7.01. The molecule has 0 saturated heterocycles. The van der Waals surface area contributed by atoms with Gasteiger partial charge in [0.25, 0.3) is 0 Å². The molecular formula is C25H28N2O4S2. The summed E-state index contributed by atoms with van der Waals surface area (Å²) in [6.07, 6.45) is 1.08. The van der Waals surface area contributed by atoms with Crippen LogP contribution in [0.1, 0.15) is 11.1 Å². The maximum atomic E-state index is 12.6. The van der Waals surface area contributed by atoms with E-state index in [0.717, 1.165) is 22.1 Å². The molecule has 33 heavy (non-hydrogen) atoms. The lowest BCUT2D eigenvalue weighted by Crippen LogP contribution is -2.41. The summed E-state index contributed by atoms with van der Waals surface area (Å²) in [5, 5.41) is 2.82. The molecule has 1 amide bonds. The van der Waals surface area contributed by atoms with Gasteiger partial charge in [-0.25, -0.2) is 8.42 Å². The lowest BCUT2D eigenvalue weighted by molar-refractivity contribution is -0.119. The van der Waals surface area contributed by atoms with Crippen molar-refractivity contribution in [2.75, 3.05) is 29.4 Å². The molecule has 3 aromatic rings. The molecule has 6 nitrogen and oxygen atoms in total. The van der Waals surface area contributed by atoms with Crippen LogP contribution in [0.15, 0.2) is 78.9 Å². The predicted octanol–water partition coefficient (Wildman–Crippen LogP) is 4.60. The monoisotopic (exact) mass is 484 g/mol. The average molecular weight is 485 g/mol. The Bertz CT molecular complexity index is 1170. The average Bonchev–Trinajstić information content (AvgIpc) is 2.79. The van der Waals surface area contributed by atoms with E-state index in [1.807, 2.05) is 30.3 Å². The second-order valence-electron chi connectivity index (χ2n) is 7.48. The summed E-state index contributed by atoms with van der Waals surface area (Å²) >= 11 is 1.72. The van der Waals surface area contributed by atoms with Gasteiger partial charge in [-0.05, 0) is 42.3 Å². The number of amides is 1. The second kappa shape index (κ2) is 11.8. The molecule has 0 aliphatic carbocycles. The number of rotatable bonds is 11. The molecular weight excluding hydrogens is 456 g/mol. The van der Waals surface area contributed by atoms with Gasteiger partial charge in [0, 0.05) is 18.1 Å². The number of anilines is 1. The zero-order valence-corrected chi connectivity index (χ0v) is 20.4. The van der Waals surface area contributed by atoms with Crippen LogP contribution < -0.4 is 14.4 Å². The second-order valence-corrected chi connectivity index (χ2v) is 10.5. The Balaban J connectivity index is 1.60. The van der Waals surface area contributed by atoms with Crippen LogP contribution in [-0.4, -0.2) is 39.4 Å². The van der Waals surface area contributed by atoms with E-state index >= 15 is 0 Å². The van der Waals surface area contributed by atoms with Crippen molar-refractivity contribution in [2.45, 2.75) is 12.7 Å². The largest absolute Gasteiger partial charge is 0.455 e. The summed E-state index contributed by atoms with van der Waals surface area (Å²) in [6, 6.07) is 24.1. The van der Waals surface area contributed by atoms with Crippen molar-refractivity contribution in [3.05, 3.63) is 90.0 Å². The number of benzene rings is 3. The zero-order chi connectivity index (χ0) is 23.7. The topological polar surface area (TPSA) is 75.7 Å². The predicted molar refractivity (Wildman–Crippen MR) is 135 cm³/mol. The number of aryl methyl sites for hydroxylation is 1. The molecule has 8 heteroatoms. The summed E-state index contributed by atoms with van der Waals surface area (Å²) in [7, 11) is -3.72. The van der Waals surface area contributed by atoms with Gasteiger partial charge in [0.2, 0.25) is 15.9 Å². The van der Waals surface area contributed by atoms with E-state index in [-0.39, 0.29) is 12.5 Å². The fourth-order valence-corrected chi connectivity index (χ4v) is 4.94. The molecule has 0 fully saturated rings. The number of nitrogens with one attached hydrogen (secondary N) is 1. The maximum Gasteiger partial charge on any atom is 0.240 e. The molecule has 0 bridgehead atoms. The van der Waals surface area contributed by atoms with Crippen molar-refractivity contribution in [2.24, 2.45) is 0 Å². The van der Waals surface area contributed by atoms with Crippen molar-refractivity contribution in [3.8, 4) is 11.5 Å². The number of hydrogen-bond acceptors (Lipinski definition) is 5. The Morgan fingerprint density at radius 1 is 0.970 bits per heavy atom. The van der Waals surface area contributed by atoms with Crippen LogP contribution in [0.2, 0.25) is 0 Å². The first-order valence-corrected chi connectivity index (χ1v) is 13.5. The van der Waals surface area contributed by atoms with E-state index < -0.39 is 10.0 Å². The number of nitrogens with zero attached hydrogens (tertiary/aromatic N) is 1. The number of para-hydroxylation sites is 3. The summed E-state index contributed by atoms with van der Waals surface area (Å²) in [4.78, 5) is 12.6. The third kappa shape index (κ3) is 7.54. The lowest BCUT2D eigenvalue weighted by atomic mass is 10.1. The van der Waals surface area contributed by atoms with Crippen LogP contribution >= 0.6 is 11.8 Å². The van der Waals surface area contributed by atoms with Crippen LogP contribution in [-0.2, 0) is 20.6 Å². The van der Waals surface area contributed by atoms with Gasteiger partial charge in [0.05, 0.1) is 11.9 Å². The minimum Gasteiger partial charge on any atom is -0.455 e. The summed E-state index contributed by atoms with van der Waals surface area (Å²) < 4.78 is 32.0. The molecule has 0 unspecified atom stereocenters. The van der Waals surface area contributed by atoms with Crippen molar-refractivity contribution in [1.82, 2.24) is 5.32 Å². The van der Waals surface area contributed by atoms with Gasteiger partial charge in [-0.1, -0.05) is 54.6 Å². The molecule has 0 spiro atoms. The number of thioether (sulfide) groups is 1. The lowest BCUT2D eigenvalue weighted by Gasteiger charge is -2.24. The van der Waals surface area contributed by atoms with Gasteiger partial charge in [0.15, 0.2) is 5.75 Å². The van der Waals surface area contributed by atoms with Gasteiger partial charge in [-0.15, -0.1) is 0 Å². The van der Waals surface area contributed by atoms with E-state index in [1.165, 1.54) is 11.1 Å². The number of hydrogen-bond donors (Lipinski definition) is 1. The van der Waals surface area contributed by atoms with Gasteiger partial charge in [0.1, 0.15) is 12.3 Å². The molecule has 3 rings (SSSR count). The first kappa shape index (κ1) is 24.7. The number of ether oxygens (including phenoxy) is 1. The SMILES string of the molecule is Cc1ccccc1CSCCNC(=O)CN(c1ccccc1Oc1ccccc1)S(C)(=O)=O. The molecule has 1 N–H and O–H groups in total. The highest BCUT2D eigenvalue weighted by molar-refractivity contribution is 7.98. The Hall–Kier alpha value is -2.97. The van der Waals surface area contributed by atoms with Crippen molar-refractivity contribution in [1.29, 1.82) is 0 Å². The molecule has 0 aliphatic heterocycles. The van der Waals surface area contributed by atoms with E-state index in [1.54, 1.807) is 48.2 Å². The summed E-state index contributed by atoms with van der Waals surface area (Å²) in [5.74, 6) is 2.16. The molecule has 3 aromatic carbocycles. The highest BCUT2D eigenvalue weighted by Crippen LogP contribution is 2.33. The number of carbonyl (C=O) groups is 1. The van der Waals surface area contributed by atoms with Crippen LogP contribution in [0.25, 0.3) is 0 Å². The molecule has 174 valence electrons. The highest BCUT2D eigenvalue weighted by atomic mass is 32.2. The maximum absolute atomic E-state index is 12.6. The number of sulfonamides is 1. The molecule has 0 aromatic heterocycles. The van der Waals surface area contributed by atoms with Crippen LogP contribution in [0.3, 0.4) is 0 Å². The van der Waals surface area contributed by atoms with E-state index in [2.05, 4.69) is 24.4 Å². The zero-order valence-electron chi connectivity index (χ0n) is 18.7. The third-order valence-electron chi connectivity index (χ3n) is 4.88. The molecule has 0 aliphatic rings. The Morgan fingerprint density at radius 2 is 1.64 bits per heavy atom. The van der Waals surface area contributed by atoms with Crippen LogP contribution in [0.4, 0.5) is 5.69 Å². The fraction of sp³-hybridized carbons (Fsp3) is 0.240. The summed E-state index contributed by atoms with van der Waals surface area (Å²) in [5.41, 5.74) is 2.83.